The molecule has 1 atom stereocenters. The number of rotatable bonds is 4. The molecule has 1 nitrogen and oxygen atoms in total. The highest BCUT2D eigenvalue weighted by atomic mass is 35.5. The van der Waals surface area contributed by atoms with E-state index in [1.807, 2.05) is 36.4 Å². The first-order chi connectivity index (χ1) is 8.65. The second-order valence-electron chi connectivity index (χ2n) is 4.23. The Morgan fingerprint density at radius 1 is 0.833 bits per heavy atom. The lowest BCUT2D eigenvalue weighted by atomic mass is 10.0. The first kappa shape index (κ1) is 13.4. The van der Waals surface area contributed by atoms with Crippen LogP contribution in [0.1, 0.15) is 23.7 Å². The van der Waals surface area contributed by atoms with Crippen LogP contribution in [0.3, 0.4) is 0 Å². The van der Waals surface area contributed by atoms with Gasteiger partial charge in [-0.2, -0.15) is 0 Å². The molecule has 0 aliphatic heterocycles. The van der Waals surface area contributed by atoms with Gasteiger partial charge in [-0.1, -0.05) is 47.5 Å². The minimum Gasteiger partial charge on any atom is -0.388 e. The fourth-order valence-electron chi connectivity index (χ4n) is 1.81. The summed E-state index contributed by atoms with van der Waals surface area (Å²) in [5, 5.41) is 11.5. The second kappa shape index (κ2) is 6.24. The predicted molar refractivity (Wildman–Crippen MR) is 76.2 cm³/mol. The lowest BCUT2D eigenvalue weighted by Crippen LogP contribution is -1.99. The van der Waals surface area contributed by atoms with Gasteiger partial charge in [0.1, 0.15) is 0 Å². The van der Waals surface area contributed by atoms with Gasteiger partial charge in [0.25, 0.3) is 0 Å². The lowest BCUT2D eigenvalue weighted by molar-refractivity contribution is 0.168. The normalized spacial score (nSPS) is 12.4. The van der Waals surface area contributed by atoms with Crippen molar-refractivity contribution in [3.05, 3.63) is 69.7 Å². The van der Waals surface area contributed by atoms with Crippen LogP contribution in [-0.4, -0.2) is 5.11 Å². The van der Waals surface area contributed by atoms with Gasteiger partial charge in [0.15, 0.2) is 0 Å². The number of aryl methyl sites for hydroxylation is 1. The van der Waals surface area contributed by atoms with E-state index >= 15 is 0 Å². The molecule has 1 unspecified atom stereocenters. The van der Waals surface area contributed by atoms with Gasteiger partial charge in [-0.15, -0.1) is 0 Å². The van der Waals surface area contributed by atoms with Crippen molar-refractivity contribution in [2.24, 2.45) is 0 Å². The molecule has 3 heteroatoms. The number of hydrogen-bond acceptors (Lipinski definition) is 1. The Morgan fingerprint density at radius 2 is 1.33 bits per heavy atom. The van der Waals surface area contributed by atoms with Crippen molar-refractivity contribution in [1.82, 2.24) is 0 Å². The Hall–Kier alpha value is -1.02. The van der Waals surface area contributed by atoms with Crippen LogP contribution in [0.2, 0.25) is 10.0 Å². The average Bonchev–Trinajstić information content (AvgIpc) is 2.38. The largest absolute Gasteiger partial charge is 0.388 e. The van der Waals surface area contributed by atoms with Crippen LogP contribution >= 0.6 is 23.2 Å². The molecule has 2 aromatic rings. The molecule has 2 aromatic carbocycles. The molecule has 0 saturated carbocycles. The van der Waals surface area contributed by atoms with Gasteiger partial charge in [-0.05, 0) is 48.2 Å². The van der Waals surface area contributed by atoms with Gasteiger partial charge in [0.05, 0.1) is 6.10 Å². The summed E-state index contributed by atoms with van der Waals surface area (Å²) in [5.41, 5.74) is 2.07. The molecule has 0 bridgehead atoms. The standard InChI is InChI=1S/C15H14Cl2O/c16-13-6-1-11(2-7-13)3-10-15(18)12-4-8-14(17)9-5-12/h1-2,4-9,15,18H,3,10H2. The quantitative estimate of drug-likeness (QED) is 0.864. The van der Waals surface area contributed by atoms with E-state index in [9.17, 15) is 5.11 Å². The Balaban J connectivity index is 1.93. The average molecular weight is 281 g/mol. The third-order valence-electron chi connectivity index (χ3n) is 2.87. The molecule has 0 aliphatic rings. The molecule has 0 saturated heterocycles. The predicted octanol–water partition coefficient (Wildman–Crippen LogP) is 4.66. The summed E-state index contributed by atoms with van der Waals surface area (Å²) in [5.74, 6) is 0. The smallest absolute Gasteiger partial charge is 0.0793 e. The van der Waals surface area contributed by atoms with Gasteiger partial charge < -0.3 is 5.11 Å². The molecule has 0 heterocycles. The van der Waals surface area contributed by atoms with E-state index in [-0.39, 0.29) is 0 Å². The fraction of sp³-hybridized carbons (Fsp3) is 0.200. The van der Waals surface area contributed by atoms with Crippen molar-refractivity contribution >= 4 is 23.2 Å². The van der Waals surface area contributed by atoms with E-state index < -0.39 is 6.10 Å². The minimum atomic E-state index is -0.460. The molecule has 0 spiro atoms. The van der Waals surface area contributed by atoms with Crippen LogP contribution in [-0.2, 0) is 6.42 Å². The molecule has 18 heavy (non-hydrogen) atoms. The molecular formula is C15H14Cl2O. The minimum absolute atomic E-state index is 0.460. The lowest BCUT2D eigenvalue weighted by Gasteiger charge is -2.11. The zero-order chi connectivity index (χ0) is 13.0. The van der Waals surface area contributed by atoms with Crippen LogP contribution < -0.4 is 0 Å². The van der Waals surface area contributed by atoms with Gasteiger partial charge in [-0.25, -0.2) is 0 Å². The molecule has 1 N–H and O–H groups in total. The van der Waals surface area contributed by atoms with E-state index in [1.54, 1.807) is 12.1 Å². The Bertz CT molecular complexity index is 491. The number of aliphatic hydroxyl groups is 1. The maximum atomic E-state index is 10.1. The van der Waals surface area contributed by atoms with Crippen molar-refractivity contribution in [3.8, 4) is 0 Å². The van der Waals surface area contributed by atoms with E-state index in [0.29, 0.717) is 11.4 Å². The topological polar surface area (TPSA) is 20.2 Å². The number of hydrogen-bond donors (Lipinski definition) is 1. The van der Waals surface area contributed by atoms with Crippen LogP contribution in [0.25, 0.3) is 0 Å². The SMILES string of the molecule is OC(CCc1ccc(Cl)cc1)c1ccc(Cl)cc1. The van der Waals surface area contributed by atoms with E-state index in [0.717, 1.165) is 17.0 Å². The first-order valence-electron chi connectivity index (χ1n) is 5.83. The van der Waals surface area contributed by atoms with Crippen molar-refractivity contribution in [2.45, 2.75) is 18.9 Å². The number of aliphatic hydroxyl groups excluding tert-OH is 1. The zero-order valence-corrected chi connectivity index (χ0v) is 11.3. The molecule has 0 aliphatic carbocycles. The maximum Gasteiger partial charge on any atom is 0.0793 e. The van der Waals surface area contributed by atoms with Gasteiger partial charge in [0, 0.05) is 10.0 Å². The van der Waals surface area contributed by atoms with Gasteiger partial charge in [0.2, 0.25) is 0 Å². The maximum absolute atomic E-state index is 10.1. The molecule has 0 fully saturated rings. The number of benzene rings is 2. The molecule has 94 valence electrons. The number of halogens is 2. The zero-order valence-electron chi connectivity index (χ0n) is 9.81. The van der Waals surface area contributed by atoms with Gasteiger partial charge in [-0.3, -0.25) is 0 Å². The summed E-state index contributed by atoms with van der Waals surface area (Å²) in [6.45, 7) is 0. The van der Waals surface area contributed by atoms with Crippen molar-refractivity contribution in [3.63, 3.8) is 0 Å². The third kappa shape index (κ3) is 3.74. The summed E-state index contributed by atoms with van der Waals surface area (Å²) < 4.78 is 0. The molecule has 0 radical (unpaired) electrons. The molecule has 2 rings (SSSR count). The van der Waals surface area contributed by atoms with Crippen LogP contribution in [0.5, 0.6) is 0 Å². The fourth-order valence-corrected chi connectivity index (χ4v) is 2.06. The highest BCUT2D eigenvalue weighted by Gasteiger charge is 2.07. The van der Waals surface area contributed by atoms with E-state index in [1.165, 1.54) is 5.56 Å². The van der Waals surface area contributed by atoms with Crippen LogP contribution in [0, 0.1) is 0 Å². The highest BCUT2D eigenvalue weighted by molar-refractivity contribution is 6.30. The van der Waals surface area contributed by atoms with Crippen LogP contribution in [0.15, 0.2) is 48.5 Å². The molecular weight excluding hydrogens is 267 g/mol. The Labute approximate surface area is 117 Å². The van der Waals surface area contributed by atoms with Crippen molar-refractivity contribution in [1.29, 1.82) is 0 Å². The Kier molecular flexibility index (Phi) is 4.65. The Morgan fingerprint density at radius 3 is 1.89 bits per heavy atom. The van der Waals surface area contributed by atoms with Crippen molar-refractivity contribution < 1.29 is 5.11 Å². The summed E-state index contributed by atoms with van der Waals surface area (Å²) in [6, 6.07) is 15.0. The van der Waals surface area contributed by atoms with Gasteiger partial charge >= 0.3 is 0 Å². The monoisotopic (exact) mass is 280 g/mol. The third-order valence-corrected chi connectivity index (χ3v) is 3.38. The van der Waals surface area contributed by atoms with E-state index in [4.69, 9.17) is 23.2 Å². The summed E-state index contributed by atoms with van der Waals surface area (Å²) in [7, 11) is 0. The molecule has 0 amide bonds. The molecule has 0 aromatic heterocycles. The highest BCUT2D eigenvalue weighted by Crippen LogP contribution is 2.21. The van der Waals surface area contributed by atoms with Crippen molar-refractivity contribution in [2.75, 3.05) is 0 Å². The second-order valence-corrected chi connectivity index (χ2v) is 5.11. The van der Waals surface area contributed by atoms with E-state index in [2.05, 4.69) is 0 Å². The summed E-state index contributed by atoms with van der Waals surface area (Å²) in [4.78, 5) is 0. The summed E-state index contributed by atoms with van der Waals surface area (Å²) in [6.07, 6.45) is 1.04. The summed E-state index contributed by atoms with van der Waals surface area (Å²) >= 11 is 11.6. The van der Waals surface area contributed by atoms with Crippen LogP contribution in [0.4, 0.5) is 0 Å². The first-order valence-corrected chi connectivity index (χ1v) is 6.59.